The highest BCUT2D eigenvalue weighted by Crippen LogP contribution is 2.22. The molecule has 0 aliphatic carbocycles. The second-order valence-electron chi connectivity index (χ2n) is 13.1. The van der Waals surface area contributed by atoms with Crippen LogP contribution in [0.3, 0.4) is 0 Å². The number of rotatable bonds is 31. The van der Waals surface area contributed by atoms with Crippen molar-refractivity contribution in [3.63, 3.8) is 0 Å². The highest BCUT2D eigenvalue weighted by molar-refractivity contribution is 5.70. The summed E-state index contributed by atoms with van der Waals surface area (Å²) < 4.78 is 0.227. The zero-order valence-electron chi connectivity index (χ0n) is 27.5. The minimum Gasteiger partial charge on any atom is -0.481 e. The number of aliphatic carboxylic acids is 3. The SMILES string of the molecule is C=CCCCCCCCCCCCCCCCCCCCCC[N+](CC(C)C(=O)O)(CC(C)C(=O)O)CC(C)C(=O)O. The molecule has 0 spiro atoms. The zero-order valence-corrected chi connectivity index (χ0v) is 27.5. The lowest BCUT2D eigenvalue weighted by Crippen LogP contribution is -2.57. The van der Waals surface area contributed by atoms with Gasteiger partial charge in [0.15, 0.2) is 0 Å². The molecule has 7 nitrogen and oxygen atoms in total. The summed E-state index contributed by atoms with van der Waals surface area (Å²) in [5, 5.41) is 28.6. The maximum absolute atomic E-state index is 11.6. The Hall–Kier alpha value is -1.89. The Morgan fingerprint density at radius 3 is 0.976 bits per heavy atom. The first kappa shape index (κ1) is 40.1. The Bertz CT molecular complexity index is 669. The molecular formula is C35H66NO6+. The van der Waals surface area contributed by atoms with Crippen molar-refractivity contribution in [2.24, 2.45) is 17.8 Å². The molecule has 0 saturated heterocycles. The van der Waals surface area contributed by atoms with Crippen LogP contribution in [0.4, 0.5) is 0 Å². The summed E-state index contributed by atoms with van der Waals surface area (Å²) in [4.78, 5) is 34.9. The van der Waals surface area contributed by atoms with E-state index >= 15 is 0 Å². The van der Waals surface area contributed by atoms with Crippen LogP contribution in [0.2, 0.25) is 0 Å². The Morgan fingerprint density at radius 1 is 0.500 bits per heavy atom. The summed E-state index contributed by atoms with van der Waals surface area (Å²) in [6.45, 7) is 10.0. The molecular weight excluding hydrogens is 530 g/mol. The van der Waals surface area contributed by atoms with Gasteiger partial charge in [0.1, 0.15) is 17.8 Å². The molecule has 0 heterocycles. The van der Waals surface area contributed by atoms with E-state index in [1.165, 1.54) is 103 Å². The van der Waals surface area contributed by atoms with Crippen molar-refractivity contribution in [1.82, 2.24) is 0 Å². The van der Waals surface area contributed by atoms with Crippen LogP contribution in [0.15, 0.2) is 12.7 Å². The van der Waals surface area contributed by atoms with E-state index in [0.29, 0.717) is 6.54 Å². The first-order valence-corrected chi connectivity index (χ1v) is 17.2. The predicted octanol–water partition coefficient (Wildman–Crippen LogP) is 8.95. The molecule has 3 unspecified atom stereocenters. The van der Waals surface area contributed by atoms with Gasteiger partial charge in [-0.05, 0) is 46.5 Å². The summed E-state index contributed by atoms with van der Waals surface area (Å²) >= 11 is 0. The van der Waals surface area contributed by atoms with Crippen molar-refractivity contribution >= 4 is 17.9 Å². The number of hydrogen-bond donors (Lipinski definition) is 3. The van der Waals surface area contributed by atoms with Gasteiger partial charge >= 0.3 is 17.9 Å². The molecule has 0 radical (unpaired) electrons. The number of carboxylic acid groups (broad SMARTS) is 3. The van der Waals surface area contributed by atoms with E-state index in [-0.39, 0.29) is 24.1 Å². The summed E-state index contributed by atoms with van der Waals surface area (Å²) in [5.74, 6) is -4.79. The van der Waals surface area contributed by atoms with Crippen molar-refractivity contribution in [3.05, 3.63) is 12.7 Å². The molecule has 0 rings (SSSR count). The number of unbranched alkanes of at least 4 members (excludes halogenated alkanes) is 19. The van der Waals surface area contributed by atoms with E-state index in [4.69, 9.17) is 0 Å². The van der Waals surface area contributed by atoms with E-state index in [1.807, 2.05) is 6.08 Å². The number of carbonyl (C=O) groups is 3. The normalized spacial score (nSPS) is 15.0. The molecule has 0 bridgehead atoms. The summed E-state index contributed by atoms with van der Waals surface area (Å²) in [6.07, 6.45) is 27.5. The third-order valence-electron chi connectivity index (χ3n) is 8.79. The second kappa shape index (κ2) is 25.6. The monoisotopic (exact) mass is 596 g/mol. The molecule has 0 fully saturated rings. The van der Waals surface area contributed by atoms with E-state index in [0.717, 1.165) is 25.7 Å². The number of nitrogens with zero attached hydrogens (tertiary/aromatic N) is 1. The van der Waals surface area contributed by atoms with E-state index < -0.39 is 35.7 Å². The summed E-state index contributed by atoms with van der Waals surface area (Å²) in [6, 6.07) is 0. The highest BCUT2D eigenvalue weighted by atomic mass is 16.4. The van der Waals surface area contributed by atoms with Gasteiger partial charge < -0.3 is 19.8 Å². The van der Waals surface area contributed by atoms with Gasteiger partial charge in [0, 0.05) is 0 Å². The van der Waals surface area contributed by atoms with Crippen LogP contribution in [0.25, 0.3) is 0 Å². The minimum absolute atomic E-state index is 0.227. The molecule has 0 aromatic rings. The molecule has 0 saturated carbocycles. The first-order valence-electron chi connectivity index (χ1n) is 17.2. The molecule has 0 aliphatic rings. The van der Waals surface area contributed by atoms with Crippen molar-refractivity contribution in [1.29, 1.82) is 0 Å². The Morgan fingerprint density at radius 2 is 0.738 bits per heavy atom. The molecule has 0 amide bonds. The number of hydrogen-bond acceptors (Lipinski definition) is 3. The van der Waals surface area contributed by atoms with Gasteiger partial charge in [-0.15, -0.1) is 6.58 Å². The number of carboxylic acids is 3. The van der Waals surface area contributed by atoms with Crippen LogP contribution < -0.4 is 0 Å². The van der Waals surface area contributed by atoms with Crippen LogP contribution in [0.5, 0.6) is 0 Å². The Labute approximate surface area is 257 Å². The van der Waals surface area contributed by atoms with Crippen LogP contribution in [0, 0.1) is 17.8 Å². The summed E-state index contributed by atoms with van der Waals surface area (Å²) in [5.41, 5.74) is 0. The van der Waals surface area contributed by atoms with Crippen LogP contribution >= 0.6 is 0 Å². The molecule has 246 valence electrons. The molecule has 0 aliphatic heterocycles. The van der Waals surface area contributed by atoms with Crippen molar-refractivity contribution in [2.75, 3.05) is 26.2 Å². The van der Waals surface area contributed by atoms with Gasteiger partial charge in [0.25, 0.3) is 0 Å². The van der Waals surface area contributed by atoms with Crippen LogP contribution in [-0.4, -0.2) is 63.9 Å². The molecule has 3 N–H and O–H groups in total. The van der Waals surface area contributed by atoms with Crippen molar-refractivity contribution < 1.29 is 34.2 Å². The molecule has 0 aromatic heterocycles. The third-order valence-corrected chi connectivity index (χ3v) is 8.79. The van der Waals surface area contributed by atoms with Gasteiger partial charge in [-0.2, -0.15) is 0 Å². The maximum atomic E-state index is 11.6. The smallest absolute Gasteiger partial charge is 0.311 e. The molecule has 3 atom stereocenters. The van der Waals surface area contributed by atoms with Crippen LogP contribution in [0.1, 0.15) is 149 Å². The predicted molar refractivity (Wildman–Crippen MR) is 173 cm³/mol. The number of allylic oxidation sites excluding steroid dienone is 1. The average Bonchev–Trinajstić information content (AvgIpc) is 2.93. The average molecular weight is 597 g/mol. The molecule has 0 aromatic carbocycles. The fourth-order valence-electron chi connectivity index (χ4n) is 6.22. The highest BCUT2D eigenvalue weighted by Gasteiger charge is 2.38. The first-order chi connectivity index (χ1) is 20.0. The molecule has 42 heavy (non-hydrogen) atoms. The minimum atomic E-state index is -0.931. The third kappa shape index (κ3) is 21.8. The van der Waals surface area contributed by atoms with E-state index in [2.05, 4.69) is 6.58 Å². The lowest BCUT2D eigenvalue weighted by Gasteiger charge is -2.42. The second-order valence-corrected chi connectivity index (χ2v) is 13.1. The lowest BCUT2D eigenvalue weighted by molar-refractivity contribution is -0.934. The number of quaternary nitrogens is 1. The molecule has 7 heteroatoms. The topological polar surface area (TPSA) is 112 Å². The maximum Gasteiger partial charge on any atom is 0.311 e. The van der Waals surface area contributed by atoms with Crippen LogP contribution in [-0.2, 0) is 14.4 Å². The van der Waals surface area contributed by atoms with Gasteiger partial charge in [-0.25, -0.2) is 0 Å². The Balaban J connectivity index is 4.14. The largest absolute Gasteiger partial charge is 0.481 e. The standard InChI is InChI=1S/C35H65NO6/c1-5-6-7-8-9-10-11-12-13-14-15-16-17-18-19-20-21-22-23-24-25-26-36(27-30(2)33(37)38,28-31(3)34(39)40)29-32(4)35(41)42/h5,30-32H,1,6-29H2,2-4H3,(H2-,37,38,39,40,41,42)/p+1. The quantitative estimate of drug-likeness (QED) is 0.0418. The van der Waals surface area contributed by atoms with E-state index in [1.54, 1.807) is 20.8 Å². The summed E-state index contributed by atoms with van der Waals surface area (Å²) in [7, 11) is 0. The van der Waals surface area contributed by atoms with Gasteiger partial charge in [-0.1, -0.05) is 109 Å². The lowest BCUT2D eigenvalue weighted by atomic mass is 10.00. The van der Waals surface area contributed by atoms with Crippen molar-refractivity contribution in [3.8, 4) is 0 Å². The Kier molecular flexibility index (Phi) is 24.4. The van der Waals surface area contributed by atoms with Gasteiger partial charge in [-0.3, -0.25) is 14.4 Å². The van der Waals surface area contributed by atoms with Gasteiger partial charge in [0.2, 0.25) is 0 Å². The van der Waals surface area contributed by atoms with E-state index in [9.17, 15) is 29.7 Å². The van der Waals surface area contributed by atoms with Gasteiger partial charge in [0.05, 0.1) is 26.2 Å². The van der Waals surface area contributed by atoms with Crippen molar-refractivity contribution in [2.45, 2.75) is 149 Å². The zero-order chi connectivity index (χ0) is 31.6. The fourth-order valence-corrected chi connectivity index (χ4v) is 6.22. The fraction of sp³-hybridized carbons (Fsp3) is 0.857.